The van der Waals surface area contributed by atoms with Gasteiger partial charge in [-0.15, -0.1) is 0 Å². The number of fused-ring (bicyclic) bond motifs is 1. The summed E-state index contributed by atoms with van der Waals surface area (Å²) in [6.07, 6.45) is 1.28. The Morgan fingerprint density at radius 2 is 1.78 bits per heavy atom. The first-order valence-corrected chi connectivity index (χ1v) is 7.16. The van der Waals surface area contributed by atoms with E-state index in [0.29, 0.717) is 5.56 Å². The predicted octanol–water partition coefficient (Wildman–Crippen LogP) is 2.76. The molecule has 1 aromatic heterocycles. The molecule has 0 saturated heterocycles. The maximum atomic E-state index is 12.1. The molecule has 0 aliphatic heterocycles. The minimum atomic E-state index is -0.671. The first kappa shape index (κ1) is 14.8. The van der Waals surface area contributed by atoms with E-state index in [-0.39, 0.29) is 5.78 Å². The molecule has 114 valence electrons. The van der Waals surface area contributed by atoms with Gasteiger partial charge in [-0.3, -0.25) is 14.4 Å². The highest BCUT2D eigenvalue weighted by Gasteiger charge is 2.16. The predicted molar refractivity (Wildman–Crippen MR) is 85.7 cm³/mol. The Bertz CT molecular complexity index is 910. The zero-order chi connectivity index (χ0) is 16.4. The molecule has 2 aromatic carbocycles. The molecule has 0 unspecified atom stereocenters. The van der Waals surface area contributed by atoms with Crippen molar-refractivity contribution in [2.75, 3.05) is 0 Å². The van der Waals surface area contributed by atoms with Gasteiger partial charge in [0.05, 0.1) is 23.8 Å². The van der Waals surface area contributed by atoms with E-state index in [0.717, 1.165) is 16.6 Å². The fourth-order valence-electron chi connectivity index (χ4n) is 2.35. The number of para-hydroxylation sites is 1. The molecule has 3 rings (SSSR count). The second kappa shape index (κ2) is 5.96. The number of hydrogen-bond donors (Lipinski definition) is 0. The van der Waals surface area contributed by atoms with Gasteiger partial charge in [0, 0.05) is 17.9 Å². The number of carbonyl (C=O) groups excluding carboxylic acids is 3. The lowest BCUT2D eigenvalue weighted by molar-refractivity contribution is -0.134. The van der Waals surface area contributed by atoms with Crippen LogP contribution in [0.5, 0.6) is 0 Å². The van der Waals surface area contributed by atoms with Gasteiger partial charge in [0.2, 0.25) is 5.78 Å². The summed E-state index contributed by atoms with van der Waals surface area (Å²) in [6.45, 7) is 1.17. The molecule has 0 atom stereocenters. The van der Waals surface area contributed by atoms with Crippen LogP contribution in [0.2, 0.25) is 0 Å². The second-order valence-corrected chi connectivity index (χ2v) is 5.24. The Morgan fingerprint density at radius 1 is 1.04 bits per heavy atom. The van der Waals surface area contributed by atoms with E-state index in [2.05, 4.69) is 5.10 Å². The van der Waals surface area contributed by atoms with E-state index >= 15 is 0 Å². The molecule has 0 aliphatic carbocycles. The number of ketones is 3. The van der Waals surface area contributed by atoms with Crippen molar-refractivity contribution in [3.05, 3.63) is 60.3 Å². The molecule has 5 heteroatoms. The molecule has 0 saturated carbocycles. The van der Waals surface area contributed by atoms with Crippen LogP contribution >= 0.6 is 0 Å². The van der Waals surface area contributed by atoms with Crippen LogP contribution in [-0.4, -0.2) is 27.1 Å². The van der Waals surface area contributed by atoms with E-state index in [1.54, 1.807) is 29.1 Å². The van der Waals surface area contributed by atoms with Gasteiger partial charge in [-0.1, -0.05) is 18.2 Å². The van der Waals surface area contributed by atoms with Crippen molar-refractivity contribution in [3.8, 4) is 5.69 Å². The van der Waals surface area contributed by atoms with Crippen LogP contribution in [0.1, 0.15) is 23.7 Å². The fraction of sp³-hybridized carbons (Fsp3) is 0.111. The lowest BCUT2D eigenvalue weighted by Crippen LogP contribution is -2.15. The van der Waals surface area contributed by atoms with E-state index in [4.69, 9.17) is 0 Å². The first-order chi connectivity index (χ1) is 11.1. The number of carbonyl (C=O) groups is 3. The topological polar surface area (TPSA) is 69.0 Å². The van der Waals surface area contributed by atoms with Crippen molar-refractivity contribution in [2.45, 2.75) is 13.3 Å². The highest BCUT2D eigenvalue weighted by molar-refractivity contribution is 6.40. The lowest BCUT2D eigenvalue weighted by atomic mass is 10.0. The Morgan fingerprint density at radius 3 is 2.48 bits per heavy atom. The number of rotatable bonds is 5. The molecule has 1 heterocycles. The van der Waals surface area contributed by atoms with Crippen LogP contribution in [-0.2, 0) is 9.59 Å². The molecule has 23 heavy (non-hydrogen) atoms. The zero-order valence-corrected chi connectivity index (χ0v) is 12.5. The first-order valence-electron chi connectivity index (χ1n) is 7.16. The zero-order valence-electron chi connectivity index (χ0n) is 12.5. The standard InChI is InChI=1S/C18H14N2O3/c1-12(21)17(22)10-18(23)13-7-8-16-14(9-13)11-19-20(16)15-5-3-2-4-6-15/h2-9,11H,10H2,1H3. The molecule has 0 radical (unpaired) electrons. The molecule has 0 N–H and O–H groups in total. The summed E-state index contributed by atoms with van der Waals surface area (Å²) in [5, 5.41) is 5.14. The largest absolute Gasteiger partial charge is 0.294 e. The molecule has 0 spiro atoms. The normalized spacial score (nSPS) is 10.7. The number of Topliss-reactive ketones (excluding diaryl/α,β-unsaturated/α-hetero) is 3. The second-order valence-electron chi connectivity index (χ2n) is 5.24. The summed E-state index contributed by atoms with van der Waals surface area (Å²) < 4.78 is 1.78. The molecule has 0 bridgehead atoms. The van der Waals surface area contributed by atoms with Crippen molar-refractivity contribution in [2.24, 2.45) is 0 Å². The van der Waals surface area contributed by atoms with Gasteiger partial charge in [-0.05, 0) is 30.3 Å². The molecule has 0 amide bonds. The van der Waals surface area contributed by atoms with Gasteiger partial charge in [-0.25, -0.2) is 4.68 Å². The quantitative estimate of drug-likeness (QED) is 0.413. The van der Waals surface area contributed by atoms with Crippen LogP contribution in [0.25, 0.3) is 16.6 Å². The average Bonchev–Trinajstić information content (AvgIpc) is 2.98. The molecule has 0 aliphatic rings. The number of hydrogen-bond acceptors (Lipinski definition) is 4. The van der Waals surface area contributed by atoms with Crippen LogP contribution in [0.15, 0.2) is 54.7 Å². The maximum absolute atomic E-state index is 12.1. The molecule has 0 fully saturated rings. The summed E-state index contributed by atoms with van der Waals surface area (Å²) in [4.78, 5) is 34.4. The van der Waals surface area contributed by atoms with Gasteiger partial charge in [0.25, 0.3) is 0 Å². The molecular weight excluding hydrogens is 292 g/mol. The van der Waals surface area contributed by atoms with Gasteiger partial charge in [0.15, 0.2) is 11.6 Å². The Balaban J connectivity index is 1.94. The van der Waals surface area contributed by atoms with Gasteiger partial charge in [-0.2, -0.15) is 5.10 Å². The van der Waals surface area contributed by atoms with Crippen LogP contribution in [0, 0.1) is 0 Å². The number of benzene rings is 2. The minimum Gasteiger partial charge on any atom is -0.294 e. The highest BCUT2D eigenvalue weighted by Crippen LogP contribution is 2.20. The average molecular weight is 306 g/mol. The Labute approximate surface area is 132 Å². The third kappa shape index (κ3) is 2.94. The molecule has 5 nitrogen and oxygen atoms in total. The van der Waals surface area contributed by atoms with E-state index in [1.807, 2.05) is 30.3 Å². The number of nitrogens with zero attached hydrogens (tertiary/aromatic N) is 2. The minimum absolute atomic E-state index is 0.362. The van der Waals surface area contributed by atoms with Gasteiger partial charge < -0.3 is 0 Å². The van der Waals surface area contributed by atoms with Gasteiger partial charge >= 0.3 is 0 Å². The maximum Gasteiger partial charge on any atom is 0.205 e. The third-order valence-corrected chi connectivity index (χ3v) is 3.60. The van der Waals surface area contributed by atoms with E-state index in [1.165, 1.54) is 6.92 Å². The van der Waals surface area contributed by atoms with E-state index in [9.17, 15) is 14.4 Å². The van der Waals surface area contributed by atoms with Crippen LogP contribution in [0.3, 0.4) is 0 Å². The summed E-state index contributed by atoms with van der Waals surface area (Å²) in [5.74, 6) is -1.63. The van der Waals surface area contributed by atoms with Gasteiger partial charge in [0.1, 0.15) is 0 Å². The SMILES string of the molecule is CC(=O)C(=O)CC(=O)c1ccc2c(cnn2-c2ccccc2)c1. The van der Waals surface area contributed by atoms with Crippen molar-refractivity contribution in [3.63, 3.8) is 0 Å². The number of aromatic nitrogens is 2. The third-order valence-electron chi connectivity index (χ3n) is 3.60. The van der Waals surface area contributed by atoms with Crippen molar-refractivity contribution >= 4 is 28.3 Å². The molecule has 3 aromatic rings. The van der Waals surface area contributed by atoms with Crippen LogP contribution in [0.4, 0.5) is 0 Å². The highest BCUT2D eigenvalue weighted by atomic mass is 16.2. The lowest BCUT2D eigenvalue weighted by Gasteiger charge is -2.04. The van der Waals surface area contributed by atoms with Crippen molar-refractivity contribution in [1.29, 1.82) is 0 Å². The fourth-order valence-corrected chi connectivity index (χ4v) is 2.35. The van der Waals surface area contributed by atoms with Crippen LogP contribution < -0.4 is 0 Å². The summed E-state index contributed by atoms with van der Waals surface area (Å²) in [7, 11) is 0. The Hall–Kier alpha value is -3.08. The summed E-state index contributed by atoms with van der Waals surface area (Å²) in [5.41, 5.74) is 2.19. The summed E-state index contributed by atoms with van der Waals surface area (Å²) >= 11 is 0. The van der Waals surface area contributed by atoms with E-state index < -0.39 is 18.0 Å². The summed E-state index contributed by atoms with van der Waals surface area (Å²) in [6, 6.07) is 14.8. The molecular formula is C18H14N2O3. The monoisotopic (exact) mass is 306 g/mol. The van der Waals surface area contributed by atoms with Crippen molar-refractivity contribution in [1.82, 2.24) is 9.78 Å². The van der Waals surface area contributed by atoms with Crippen molar-refractivity contribution < 1.29 is 14.4 Å². The smallest absolute Gasteiger partial charge is 0.205 e. The Kier molecular flexibility index (Phi) is 3.85.